The Labute approximate surface area is 201 Å². The lowest BCUT2D eigenvalue weighted by Crippen LogP contribution is -2.52. The molecule has 0 spiro atoms. The van der Waals surface area contributed by atoms with Gasteiger partial charge in [-0.3, -0.25) is 9.59 Å². The molecule has 3 amide bonds. The lowest BCUT2D eigenvalue weighted by molar-refractivity contribution is -0.141. The zero-order chi connectivity index (χ0) is 24.1. The Kier molecular flexibility index (Phi) is 8.27. The van der Waals surface area contributed by atoms with Gasteiger partial charge in [-0.2, -0.15) is 0 Å². The van der Waals surface area contributed by atoms with Crippen LogP contribution in [0.3, 0.4) is 0 Å². The fraction of sp³-hybridized carbons (Fsp3) is 0.640. The van der Waals surface area contributed by atoms with Crippen LogP contribution in [0.4, 0.5) is 4.79 Å². The van der Waals surface area contributed by atoms with Crippen molar-refractivity contribution in [3.05, 3.63) is 34.9 Å². The minimum Gasteiger partial charge on any atom is -0.444 e. The Morgan fingerprint density at radius 3 is 2.33 bits per heavy atom. The first-order valence-electron chi connectivity index (χ1n) is 11.9. The molecule has 2 N–H and O–H groups in total. The van der Waals surface area contributed by atoms with Crippen LogP contribution in [0.5, 0.6) is 0 Å². The number of carbonyl (C=O) groups is 3. The van der Waals surface area contributed by atoms with Crippen LogP contribution < -0.4 is 10.6 Å². The summed E-state index contributed by atoms with van der Waals surface area (Å²) >= 11 is 6.07. The molecule has 3 rings (SSSR count). The number of halogens is 1. The van der Waals surface area contributed by atoms with Gasteiger partial charge in [-0.15, -0.1) is 0 Å². The maximum absolute atomic E-state index is 13.7. The maximum atomic E-state index is 13.7. The molecule has 1 atom stereocenters. The summed E-state index contributed by atoms with van der Waals surface area (Å²) in [6.45, 7) is 7.11. The first kappa shape index (κ1) is 25.3. The van der Waals surface area contributed by atoms with E-state index in [9.17, 15) is 14.4 Å². The monoisotopic (exact) mass is 477 g/mol. The molecule has 1 aliphatic carbocycles. The number of nitrogens with zero attached hydrogens (tertiary/aromatic N) is 1. The van der Waals surface area contributed by atoms with Gasteiger partial charge in [0.25, 0.3) is 0 Å². The number of alkyl carbamates (subject to hydrolysis) is 1. The Morgan fingerprint density at radius 2 is 1.70 bits per heavy atom. The van der Waals surface area contributed by atoms with E-state index in [1.54, 1.807) is 20.8 Å². The van der Waals surface area contributed by atoms with Gasteiger partial charge in [0.05, 0.1) is 11.3 Å². The van der Waals surface area contributed by atoms with E-state index >= 15 is 0 Å². The number of carbonyl (C=O) groups excluding carboxylic acids is 3. The van der Waals surface area contributed by atoms with E-state index in [-0.39, 0.29) is 24.3 Å². The molecule has 0 bridgehead atoms. The summed E-state index contributed by atoms with van der Waals surface area (Å²) in [6, 6.07) is 7.64. The summed E-state index contributed by atoms with van der Waals surface area (Å²) in [5.74, 6) is -0.190. The van der Waals surface area contributed by atoms with Gasteiger partial charge in [0, 0.05) is 31.2 Å². The van der Waals surface area contributed by atoms with Crippen LogP contribution in [0.15, 0.2) is 24.3 Å². The van der Waals surface area contributed by atoms with Gasteiger partial charge in [0.1, 0.15) is 5.60 Å². The summed E-state index contributed by atoms with van der Waals surface area (Å²) in [4.78, 5) is 40.1. The third-order valence-electron chi connectivity index (χ3n) is 6.44. The van der Waals surface area contributed by atoms with E-state index in [0.29, 0.717) is 24.7 Å². The Bertz CT molecular complexity index is 844. The predicted octanol–water partition coefficient (Wildman–Crippen LogP) is 4.03. The van der Waals surface area contributed by atoms with Gasteiger partial charge in [-0.25, -0.2) is 4.79 Å². The Hall–Kier alpha value is -2.28. The average molecular weight is 478 g/mol. The third-order valence-corrected chi connectivity index (χ3v) is 6.69. The van der Waals surface area contributed by atoms with Gasteiger partial charge >= 0.3 is 6.09 Å². The van der Waals surface area contributed by atoms with Crippen LogP contribution in [0.25, 0.3) is 0 Å². The molecule has 0 radical (unpaired) electrons. The van der Waals surface area contributed by atoms with Crippen LogP contribution in [-0.4, -0.2) is 54.6 Å². The number of rotatable bonds is 6. The molecular formula is C25H36ClN3O4. The second-order valence-corrected chi connectivity index (χ2v) is 10.5. The topological polar surface area (TPSA) is 87.7 Å². The molecule has 33 heavy (non-hydrogen) atoms. The van der Waals surface area contributed by atoms with Crippen molar-refractivity contribution >= 4 is 29.5 Å². The van der Waals surface area contributed by atoms with Crippen molar-refractivity contribution in [2.45, 2.75) is 70.3 Å². The fourth-order valence-corrected chi connectivity index (χ4v) is 4.99. The summed E-state index contributed by atoms with van der Waals surface area (Å²) < 4.78 is 5.19. The van der Waals surface area contributed by atoms with E-state index in [4.69, 9.17) is 16.3 Å². The van der Waals surface area contributed by atoms with E-state index in [1.165, 1.54) is 0 Å². The summed E-state index contributed by atoms with van der Waals surface area (Å²) in [5, 5.41) is 6.19. The number of benzene rings is 1. The maximum Gasteiger partial charge on any atom is 0.407 e. The zero-order valence-corrected chi connectivity index (χ0v) is 20.7. The van der Waals surface area contributed by atoms with Gasteiger partial charge in [0.2, 0.25) is 11.8 Å². The van der Waals surface area contributed by atoms with Crippen molar-refractivity contribution in [1.82, 2.24) is 15.5 Å². The highest BCUT2D eigenvalue weighted by Gasteiger charge is 2.46. The SMILES string of the molecule is CC(C)(C)OC(=O)NCCNC(=O)C1CCCN(C(=O)C2(c3ccc(Cl)cc3)CCCC2)C1. The molecule has 8 heteroatoms. The van der Waals surface area contributed by atoms with Gasteiger partial charge in [-0.05, 0) is 64.2 Å². The molecule has 7 nitrogen and oxygen atoms in total. The van der Waals surface area contributed by atoms with Gasteiger partial charge < -0.3 is 20.3 Å². The third kappa shape index (κ3) is 6.62. The standard InChI is InChI=1S/C25H36ClN3O4/c1-24(2,3)33-23(32)28-15-14-27-21(30)18-7-6-16-29(17-18)22(31)25(12-4-5-13-25)19-8-10-20(26)11-9-19/h8-11,18H,4-7,12-17H2,1-3H3,(H,27,30)(H,28,32). The molecule has 1 saturated carbocycles. The van der Waals surface area contributed by atoms with Crippen LogP contribution in [0, 0.1) is 5.92 Å². The van der Waals surface area contributed by atoms with Crippen molar-refractivity contribution in [1.29, 1.82) is 0 Å². The number of piperidine rings is 1. The molecule has 2 fully saturated rings. The number of likely N-dealkylation sites (tertiary alicyclic amines) is 1. The quantitative estimate of drug-likeness (QED) is 0.605. The van der Waals surface area contributed by atoms with Crippen LogP contribution in [0.1, 0.15) is 64.9 Å². The lowest BCUT2D eigenvalue weighted by Gasteiger charge is -2.39. The summed E-state index contributed by atoms with van der Waals surface area (Å²) in [6.07, 6.45) is 4.76. The normalized spacial score (nSPS) is 20.2. The lowest BCUT2D eigenvalue weighted by atomic mass is 9.77. The second-order valence-electron chi connectivity index (χ2n) is 10.1. The van der Waals surface area contributed by atoms with Gasteiger partial charge in [-0.1, -0.05) is 36.6 Å². The van der Waals surface area contributed by atoms with Crippen LogP contribution in [-0.2, 0) is 19.7 Å². The predicted molar refractivity (Wildman–Crippen MR) is 128 cm³/mol. The minimum absolute atomic E-state index is 0.0783. The molecule has 0 aromatic heterocycles. The molecule has 1 aromatic rings. The van der Waals surface area contributed by atoms with Crippen LogP contribution in [0.2, 0.25) is 5.02 Å². The molecule has 182 valence electrons. The van der Waals surface area contributed by atoms with Crippen molar-refractivity contribution in [2.75, 3.05) is 26.2 Å². The van der Waals surface area contributed by atoms with E-state index in [0.717, 1.165) is 44.1 Å². The van der Waals surface area contributed by atoms with E-state index < -0.39 is 17.1 Å². The fourth-order valence-electron chi connectivity index (χ4n) is 4.86. The number of hydrogen-bond donors (Lipinski definition) is 2. The smallest absolute Gasteiger partial charge is 0.407 e. The first-order chi connectivity index (χ1) is 15.6. The first-order valence-corrected chi connectivity index (χ1v) is 12.3. The van der Waals surface area contributed by atoms with Crippen molar-refractivity contribution < 1.29 is 19.1 Å². The van der Waals surface area contributed by atoms with E-state index in [2.05, 4.69) is 10.6 Å². The van der Waals surface area contributed by atoms with Crippen molar-refractivity contribution in [3.8, 4) is 0 Å². The molecular weight excluding hydrogens is 442 g/mol. The van der Waals surface area contributed by atoms with E-state index in [1.807, 2.05) is 29.2 Å². The largest absolute Gasteiger partial charge is 0.444 e. The average Bonchev–Trinajstić information content (AvgIpc) is 3.26. The highest BCUT2D eigenvalue weighted by molar-refractivity contribution is 6.30. The number of amides is 3. The number of nitrogens with one attached hydrogen (secondary N) is 2. The molecule has 2 aliphatic rings. The highest BCUT2D eigenvalue weighted by Crippen LogP contribution is 2.43. The van der Waals surface area contributed by atoms with Crippen molar-refractivity contribution in [2.24, 2.45) is 5.92 Å². The van der Waals surface area contributed by atoms with Gasteiger partial charge in [0.15, 0.2) is 0 Å². The highest BCUT2D eigenvalue weighted by atomic mass is 35.5. The molecule has 1 aromatic carbocycles. The molecule has 1 unspecified atom stereocenters. The Morgan fingerprint density at radius 1 is 1.06 bits per heavy atom. The molecule has 1 aliphatic heterocycles. The zero-order valence-electron chi connectivity index (χ0n) is 19.9. The summed E-state index contributed by atoms with van der Waals surface area (Å²) in [7, 11) is 0. The minimum atomic E-state index is -0.561. The summed E-state index contributed by atoms with van der Waals surface area (Å²) in [5.41, 5.74) is -0.0526. The molecule has 1 heterocycles. The second kappa shape index (κ2) is 10.8. The molecule has 1 saturated heterocycles. The number of hydrogen-bond acceptors (Lipinski definition) is 4. The number of ether oxygens (including phenoxy) is 1. The van der Waals surface area contributed by atoms with Crippen LogP contribution >= 0.6 is 11.6 Å². The van der Waals surface area contributed by atoms with Crippen molar-refractivity contribution in [3.63, 3.8) is 0 Å². The Balaban J connectivity index is 1.54.